The highest BCUT2D eigenvalue weighted by Gasteiger charge is 2.10. The monoisotopic (exact) mass is 344 g/mol. The van der Waals surface area contributed by atoms with E-state index in [-0.39, 0.29) is 18.6 Å². The van der Waals surface area contributed by atoms with Gasteiger partial charge < -0.3 is 15.0 Å². The van der Waals surface area contributed by atoms with E-state index in [4.69, 9.17) is 4.74 Å². The normalized spacial score (nSPS) is 12.2. The molecule has 4 rings (SSSR count). The van der Waals surface area contributed by atoms with E-state index in [2.05, 4.69) is 16.4 Å². The molecule has 0 spiro atoms. The fourth-order valence-corrected chi connectivity index (χ4v) is 3.18. The molecule has 3 aromatic carbocycles. The highest BCUT2D eigenvalue weighted by atomic mass is 16.5. The van der Waals surface area contributed by atoms with Gasteiger partial charge in [0.2, 0.25) is 0 Å². The van der Waals surface area contributed by atoms with E-state index < -0.39 is 0 Å². The maximum atomic E-state index is 12.2. The lowest BCUT2D eigenvalue weighted by Crippen LogP contribution is -2.31. The van der Waals surface area contributed by atoms with Crippen LogP contribution in [-0.4, -0.2) is 17.5 Å². The van der Waals surface area contributed by atoms with E-state index in [1.807, 2.05) is 73.7 Å². The van der Waals surface area contributed by atoms with E-state index in [9.17, 15) is 4.79 Å². The number of aromatic nitrogens is 1. The van der Waals surface area contributed by atoms with E-state index >= 15 is 0 Å². The topological polar surface area (TPSA) is 54.1 Å². The van der Waals surface area contributed by atoms with E-state index in [1.54, 1.807) is 0 Å². The molecule has 0 aliphatic carbocycles. The molecular weight excluding hydrogens is 324 g/mol. The lowest BCUT2D eigenvalue weighted by molar-refractivity contribution is -0.123. The van der Waals surface area contributed by atoms with Crippen molar-refractivity contribution in [2.75, 3.05) is 6.61 Å². The summed E-state index contributed by atoms with van der Waals surface area (Å²) in [6, 6.07) is 23.9. The number of amides is 1. The van der Waals surface area contributed by atoms with Crippen molar-refractivity contribution in [2.24, 2.45) is 0 Å². The fourth-order valence-electron chi connectivity index (χ4n) is 3.18. The van der Waals surface area contributed by atoms with Crippen LogP contribution in [0.1, 0.15) is 18.5 Å². The lowest BCUT2D eigenvalue weighted by atomic mass is 10.1. The number of aromatic amines is 1. The Hall–Kier alpha value is -3.27. The van der Waals surface area contributed by atoms with Crippen molar-refractivity contribution in [2.45, 2.75) is 13.0 Å². The Morgan fingerprint density at radius 2 is 1.69 bits per heavy atom. The van der Waals surface area contributed by atoms with Crippen LogP contribution in [0, 0.1) is 0 Å². The number of nitrogens with one attached hydrogen (secondary N) is 2. The molecule has 4 aromatic rings. The van der Waals surface area contributed by atoms with Gasteiger partial charge in [-0.2, -0.15) is 0 Å². The predicted octanol–water partition coefficient (Wildman–Crippen LogP) is 4.58. The minimum atomic E-state index is -0.141. The summed E-state index contributed by atoms with van der Waals surface area (Å²) in [7, 11) is 0. The van der Waals surface area contributed by atoms with E-state index in [0.717, 1.165) is 22.0 Å². The molecule has 130 valence electrons. The maximum absolute atomic E-state index is 12.2. The first-order chi connectivity index (χ1) is 12.7. The number of benzene rings is 3. The standard InChI is InChI=1S/C22H20N2O2/c1-15(16-7-3-2-4-8-16)23-22(25)14-26-17-11-12-19-18-9-5-6-10-20(18)24-21(19)13-17/h2-13,15,24H,14H2,1H3,(H,23,25)/t15-/m0/s1. The molecule has 4 heteroatoms. The fraction of sp³-hybridized carbons (Fsp3) is 0.136. The van der Waals surface area contributed by atoms with Gasteiger partial charge in [0.05, 0.1) is 11.6 Å². The Bertz CT molecular complexity index is 1050. The first kappa shape index (κ1) is 16.2. The second kappa shape index (κ2) is 6.92. The zero-order chi connectivity index (χ0) is 17.9. The highest BCUT2D eigenvalue weighted by molar-refractivity contribution is 6.07. The van der Waals surface area contributed by atoms with Crippen LogP contribution < -0.4 is 10.1 Å². The summed E-state index contributed by atoms with van der Waals surface area (Å²) >= 11 is 0. The molecule has 0 aliphatic rings. The molecular formula is C22H20N2O2. The molecule has 1 amide bonds. The second-order valence-corrected chi connectivity index (χ2v) is 6.37. The summed E-state index contributed by atoms with van der Waals surface area (Å²) in [6.07, 6.45) is 0. The van der Waals surface area contributed by atoms with Crippen LogP contribution in [0.15, 0.2) is 72.8 Å². The highest BCUT2D eigenvalue weighted by Crippen LogP contribution is 2.28. The molecule has 0 saturated heterocycles. The molecule has 1 aromatic heterocycles. The average molecular weight is 344 g/mol. The molecule has 0 radical (unpaired) electrons. The molecule has 0 bridgehead atoms. The number of para-hydroxylation sites is 1. The lowest BCUT2D eigenvalue weighted by Gasteiger charge is -2.14. The van der Waals surface area contributed by atoms with Gasteiger partial charge in [-0.05, 0) is 30.7 Å². The first-order valence-electron chi connectivity index (χ1n) is 8.68. The Kier molecular flexibility index (Phi) is 4.32. The molecule has 0 aliphatic heterocycles. The number of carbonyl (C=O) groups excluding carboxylic acids is 1. The van der Waals surface area contributed by atoms with Gasteiger partial charge in [0, 0.05) is 22.4 Å². The van der Waals surface area contributed by atoms with Crippen LogP contribution in [0.5, 0.6) is 5.75 Å². The Labute approximate surface area is 151 Å². The third kappa shape index (κ3) is 3.26. The zero-order valence-electron chi connectivity index (χ0n) is 14.5. The van der Waals surface area contributed by atoms with Crippen LogP contribution in [0.25, 0.3) is 21.8 Å². The first-order valence-corrected chi connectivity index (χ1v) is 8.68. The quantitative estimate of drug-likeness (QED) is 0.557. The summed E-state index contributed by atoms with van der Waals surface area (Å²) in [5, 5.41) is 5.29. The zero-order valence-corrected chi connectivity index (χ0v) is 14.5. The van der Waals surface area contributed by atoms with Crippen LogP contribution in [0.3, 0.4) is 0 Å². The Morgan fingerprint density at radius 1 is 0.962 bits per heavy atom. The van der Waals surface area contributed by atoms with Crippen molar-refractivity contribution in [1.82, 2.24) is 10.3 Å². The Morgan fingerprint density at radius 3 is 2.54 bits per heavy atom. The van der Waals surface area contributed by atoms with Gasteiger partial charge in [0.15, 0.2) is 6.61 Å². The number of rotatable bonds is 5. The summed E-state index contributed by atoms with van der Waals surface area (Å²) in [4.78, 5) is 15.5. The molecule has 0 fully saturated rings. The minimum absolute atomic E-state index is 0.0110. The van der Waals surface area contributed by atoms with Gasteiger partial charge in [-0.25, -0.2) is 0 Å². The van der Waals surface area contributed by atoms with E-state index in [0.29, 0.717) is 5.75 Å². The van der Waals surface area contributed by atoms with Crippen molar-refractivity contribution in [3.05, 3.63) is 78.4 Å². The van der Waals surface area contributed by atoms with Crippen molar-refractivity contribution >= 4 is 27.7 Å². The Balaban J connectivity index is 1.42. The maximum Gasteiger partial charge on any atom is 0.258 e. The predicted molar refractivity (Wildman–Crippen MR) is 104 cm³/mol. The van der Waals surface area contributed by atoms with Gasteiger partial charge in [-0.3, -0.25) is 4.79 Å². The molecule has 26 heavy (non-hydrogen) atoms. The number of hydrogen-bond donors (Lipinski definition) is 2. The van der Waals surface area contributed by atoms with Gasteiger partial charge >= 0.3 is 0 Å². The summed E-state index contributed by atoms with van der Waals surface area (Å²) < 4.78 is 5.68. The average Bonchev–Trinajstić information content (AvgIpc) is 3.05. The number of H-pyrrole nitrogens is 1. The van der Waals surface area contributed by atoms with Gasteiger partial charge in [0.25, 0.3) is 5.91 Å². The SMILES string of the molecule is C[C@H](NC(=O)COc1ccc2c(c1)[nH]c1ccccc12)c1ccccc1. The molecule has 2 N–H and O–H groups in total. The number of ether oxygens (including phenoxy) is 1. The summed E-state index contributed by atoms with van der Waals surface area (Å²) in [5.74, 6) is 0.532. The van der Waals surface area contributed by atoms with Gasteiger partial charge in [-0.1, -0.05) is 48.5 Å². The molecule has 0 unspecified atom stereocenters. The van der Waals surface area contributed by atoms with Gasteiger partial charge in [-0.15, -0.1) is 0 Å². The third-order valence-electron chi connectivity index (χ3n) is 4.52. The largest absolute Gasteiger partial charge is 0.484 e. The van der Waals surface area contributed by atoms with Crippen LogP contribution in [-0.2, 0) is 4.79 Å². The second-order valence-electron chi connectivity index (χ2n) is 6.37. The number of fused-ring (bicyclic) bond motifs is 3. The number of hydrogen-bond acceptors (Lipinski definition) is 2. The van der Waals surface area contributed by atoms with Crippen molar-refractivity contribution in [3.63, 3.8) is 0 Å². The molecule has 1 heterocycles. The summed E-state index contributed by atoms with van der Waals surface area (Å²) in [5.41, 5.74) is 3.16. The van der Waals surface area contributed by atoms with Crippen LogP contribution >= 0.6 is 0 Å². The third-order valence-corrected chi connectivity index (χ3v) is 4.52. The van der Waals surface area contributed by atoms with Crippen molar-refractivity contribution in [3.8, 4) is 5.75 Å². The van der Waals surface area contributed by atoms with Crippen molar-refractivity contribution in [1.29, 1.82) is 0 Å². The smallest absolute Gasteiger partial charge is 0.258 e. The molecule has 4 nitrogen and oxygen atoms in total. The van der Waals surface area contributed by atoms with Crippen LogP contribution in [0.4, 0.5) is 0 Å². The minimum Gasteiger partial charge on any atom is -0.484 e. The number of carbonyl (C=O) groups is 1. The summed E-state index contributed by atoms with van der Waals surface area (Å²) in [6.45, 7) is 1.95. The van der Waals surface area contributed by atoms with E-state index in [1.165, 1.54) is 5.39 Å². The van der Waals surface area contributed by atoms with Crippen molar-refractivity contribution < 1.29 is 9.53 Å². The van der Waals surface area contributed by atoms with Crippen LogP contribution in [0.2, 0.25) is 0 Å². The molecule has 1 atom stereocenters. The van der Waals surface area contributed by atoms with Gasteiger partial charge in [0.1, 0.15) is 5.75 Å². The molecule has 0 saturated carbocycles.